The standard InChI is InChI=1S/C16H10N2O4/c19-16-12-4-2-1-3-11(12)15(22-16)13-8-17-14-7-9(18(20)21)5-6-10(13)14/h1-8,15,17H. The van der Waals surface area contributed by atoms with Crippen LogP contribution in [0.1, 0.15) is 27.6 Å². The summed E-state index contributed by atoms with van der Waals surface area (Å²) in [7, 11) is 0. The highest BCUT2D eigenvalue weighted by Crippen LogP contribution is 2.39. The Labute approximate surface area is 124 Å². The van der Waals surface area contributed by atoms with Crippen LogP contribution < -0.4 is 0 Å². The largest absolute Gasteiger partial charge is 0.449 e. The molecule has 4 rings (SSSR count). The number of H-pyrrole nitrogens is 1. The van der Waals surface area contributed by atoms with Crippen molar-refractivity contribution in [1.82, 2.24) is 4.98 Å². The number of fused-ring (bicyclic) bond motifs is 2. The first kappa shape index (κ1) is 12.6. The van der Waals surface area contributed by atoms with Gasteiger partial charge in [0.1, 0.15) is 0 Å². The molecule has 0 aliphatic carbocycles. The van der Waals surface area contributed by atoms with Gasteiger partial charge in [-0.3, -0.25) is 10.1 Å². The van der Waals surface area contributed by atoms with Crippen LogP contribution in [0.5, 0.6) is 0 Å². The van der Waals surface area contributed by atoms with E-state index in [4.69, 9.17) is 4.74 Å². The summed E-state index contributed by atoms with van der Waals surface area (Å²) in [6.07, 6.45) is 1.24. The Kier molecular flexibility index (Phi) is 2.53. The Morgan fingerprint density at radius 2 is 1.95 bits per heavy atom. The van der Waals surface area contributed by atoms with Gasteiger partial charge in [-0.1, -0.05) is 18.2 Å². The van der Waals surface area contributed by atoms with E-state index in [-0.39, 0.29) is 11.7 Å². The molecule has 6 heteroatoms. The van der Waals surface area contributed by atoms with Crippen LogP contribution in [0.25, 0.3) is 10.9 Å². The van der Waals surface area contributed by atoms with E-state index in [2.05, 4.69) is 4.98 Å². The first-order valence-corrected chi connectivity index (χ1v) is 6.70. The molecule has 0 bridgehead atoms. The second-order valence-corrected chi connectivity index (χ2v) is 5.10. The zero-order chi connectivity index (χ0) is 15.3. The fourth-order valence-electron chi connectivity index (χ4n) is 2.84. The van der Waals surface area contributed by atoms with Crippen LogP contribution in [0, 0.1) is 10.1 Å². The maximum atomic E-state index is 11.9. The number of carbonyl (C=O) groups excluding carboxylic acids is 1. The van der Waals surface area contributed by atoms with Crippen LogP contribution in [0.3, 0.4) is 0 Å². The summed E-state index contributed by atoms with van der Waals surface area (Å²) >= 11 is 0. The van der Waals surface area contributed by atoms with Crippen molar-refractivity contribution in [3.8, 4) is 0 Å². The molecule has 0 radical (unpaired) electrons. The number of cyclic esters (lactones) is 1. The number of non-ortho nitro benzene ring substituents is 1. The molecule has 1 aromatic heterocycles. The molecule has 0 amide bonds. The van der Waals surface area contributed by atoms with E-state index in [0.717, 1.165) is 16.5 Å². The Bertz CT molecular complexity index is 929. The summed E-state index contributed by atoms with van der Waals surface area (Å²) in [5.74, 6) is -0.350. The lowest BCUT2D eigenvalue weighted by Gasteiger charge is -2.09. The molecule has 2 heterocycles. The Balaban J connectivity index is 1.86. The third-order valence-corrected chi connectivity index (χ3v) is 3.88. The number of aromatic nitrogens is 1. The molecule has 1 N–H and O–H groups in total. The number of nitrogens with zero attached hydrogens (tertiary/aromatic N) is 1. The smallest absolute Gasteiger partial charge is 0.339 e. The molecule has 1 aliphatic heterocycles. The van der Waals surface area contributed by atoms with Crippen LogP contribution in [-0.2, 0) is 4.74 Å². The zero-order valence-corrected chi connectivity index (χ0v) is 11.3. The van der Waals surface area contributed by atoms with E-state index in [1.54, 1.807) is 24.4 Å². The van der Waals surface area contributed by atoms with Crippen LogP contribution in [0.15, 0.2) is 48.7 Å². The maximum absolute atomic E-state index is 11.9. The highest BCUT2D eigenvalue weighted by Gasteiger charge is 2.33. The predicted molar refractivity (Wildman–Crippen MR) is 78.7 cm³/mol. The maximum Gasteiger partial charge on any atom is 0.339 e. The zero-order valence-electron chi connectivity index (χ0n) is 11.3. The summed E-state index contributed by atoms with van der Waals surface area (Å²) in [6, 6.07) is 11.8. The first-order chi connectivity index (χ1) is 10.6. The van der Waals surface area contributed by atoms with Gasteiger partial charge in [0.25, 0.3) is 5.69 Å². The van der Waals surface area contributed by atoms with Gasteiger partial charge in [0.05, 0.1) is 16.0 Å². The van der Waals surface area contributed by atoms with Crippen LogP contribution in [0.2, 0.25) is 0 Å². The number of benzene rings is 2. The lowest BCUT2D eigenvalue weighted by Crippen LogP contribution is -1.99. The van der Waals surface area contributed by atoms with Gasteiger partial charge in [0, 0.05) is 34.8 Å². The van der Waals surface area contributed by atoms with Crippen LogP contribution in [-0.4, -0.2) is 15.9 Å². The molecule has 0 spiro atoms. The quantitative estimate of drug-likeness (QED) is 0.446. The summed E-state index contributed by atoms with van der Waals surface area (Å²) in [6.45, 7) is 0. The molecule has 1 aliphatic rings. The predicted octanol–water partition coefficient (Wildman–Crippen LogP) is 3.34. The topological polar surface area (TPSA) is 85.2 Å². The number of hydrogen-bond acceptors (Lipinski definition) is 4. The fraction of sp³-hybridized carbons (Fsp3) is 0.0625. The molecule has 0 saturated heterocycles. The number of aromatic amines is 1. The average Bonchev–Trinajstić information content (AvgIpc) is 3.08. The van der Waals surface area contributed by atoms with Crippen molar-refractivity contribution in [3.05, 3.63) is 75.5 Å². The number of nitro benzene ring substituents is 1. The summed E-state index contributed by atoms with van der Waals surface area (Å²) < 4.78 is 5.47. The van der Waals surface area contributed by atoms with Gasteiger partial charge in [-0.2, -0.15) is 0 Å². The fourth-order valence-corrected chi connectivity index (χ4v) is 2.84. The highest BCUT2D eigenvalue weighted by atomic mass is 16.6. The van der Waals surface area contributed by atoms with Crippen molar-refractivity contribution in [3.63, 3.8) is 0 Å². The highest BCUT2D eigenvalue weighted by molar-refractivity contribution is 5.96. The molecule has 22 heavy (non-hydrogen) atoms. The van der Waals surface area contributed by atoms with E-state index in [0.29, 0.717) is 11.1 Å². The van der Waals surface area contributed by atoms with Gasteiger partial charge in [-0.05, 0) is 12.1 Å². The minimum atomic E-state index is -0.487. The lowest BCUT2D eigenvalue weighted by molar-refractivity contribution is -0.384. The lowest BCUT2D eigenvalue weighted by atomic mass is 9.99. The summed E-state index contributed by atoms with van der Waals surface area (Å²) in [4.78, 5) is 25.3. The molecule has 108 valence electrons. The monoisotopic (exact) mass is 294 g/mol. The number of ether oxygens (including phenoxy) is 1. The van der Waals surface area contributed by atoms with Gasteiger partial charge in [0.2, 0.25) is 0 Å². The van der Waals surface area contributed by atoms with Gasteiger partial charge in [0.15, 0.2) is 6.10 Å². The Morgan fingerprint density at radius 3 is 2.77 bits per heavy atom. The number of nitro groups is 1. The minimum absolute atomic E-state index is 0.0183. The van der Waals surface area contributed by atoms with E-state index >= 15 is 0 Å². The molecule has 1 unspecified atom stereocenters. The van der Waals surface area contributed by atoms with Gasteiger partial charge in [-0.15, -0.1) is 0 Å². The first-order valence-electron chi connectivity index (χ1n) is 6.70. The molecule has 2 aromatic carbocycles. The molecular weight excluding hydrogens is 284 g/mol. The van der Waals surface area contributed by atoms with E-state index in [1.807, 2.05) is 12.1 Å². The molecule has 6 nitrogen and oxygen atoms in total. The molecular formula is C16H10N2O4. The van der Waals surface area contributed by atoms with Crippen molar-refractivity contribution in [1.29, 1.82) is 0 Å². The normalized spacial score (nSPS) is 16.5. The third-order valence-electron chi connectivity index (χ3n) is 3.88. The SMILES string of the molecule is O=C1OC(c2c[nH]c3cc([N+](=O)[O-])ccc23)c2ccccc21. The van der Waals surface area contributed by atoms with Crippen molar-refractivity contribution in [2.24, 2.45) is 0 Å². The van der Waals surface area contributed by atoms with Gasteiger partial charge in [-0.25, -0.2) is 4.79 Å². The van der Waals surface area contributed by atoms with E-state index in [9.17, 15) is 14.9 Å². The number of rotatable bonds is 2. The minimum Gasteiger partial charge on any atom is -0.449 e. The number of esters is 1. The second-order valence-electron chi connectivity index (χ2n) is 5.10. The average molecular weight is 294 g/mol. The molecule has 0 fully saturated rings. The van der Waals surface area contributed by atoms with Crippen molar-refractivity contribution in [2.75, 3.05) is 0 Å². The number of carbonyl (C=O) groups is 1. The van der Waals surface area contributed by atoms with Crippen molar-refractivity contribution >= 4 is 22.6 Å². The van der Waals surface area contributed by atoms with Crippen LogP contribution in [0.4, 0.5) is 5.69 Å². The van der Waals surface area contributed by atoms with Crippen molar-refractivity contribution in [2.45, 2.75) is 6.10 Å². The van der Waals surface area contributed by atoms with Crippen LogP contribution >= 0.6 is 0 Å². The summed E-state index contributed by atoms with van der Waals surface area (Å²) in [5, 5.41) is 11.6. The molecule has 1 atom stereocenters. The Hall–Kier alpha value is -3.15. The summed E-state index contributed by atoms with van der Waals surface area (Å²) in [5.41, 5.74) is 2.83. The van der Waals surface area contributed by atoms with Gasteiger partial charge < -0.3 is 9.72 Å². The second kappa shape index (κ2) is 4.42. The number of nitrogens with one attached hydrogen (secondary N) is 1. The van der Waals surface area contributed by atoms with E-state index in [1.165, 1.54) is 12.1 Å². The molecule has 0 saturated carbocycles. The Morgan fingerprint density at radius 1 is 1.14 bits per heavy atom. The molecule has 3 aromatic rings. The van der Waals surface area contributed by atoms with Crippen molar-refractivity contribution < 1.29 is 14.5 Å². The number of hydrogen-bond donors (Lipinski definition) is 1. The van der Waals surface area contributed by atoms with E-state index < -0.39 is 11.0 Å². The van der Waals surface area contributed by atoms with Gasteiger partial charge >= 0.3 is 5.97 Å². The third kappa shape index (κ3) is 1.70.